The lowest BCUT2D eigenvalue weighted by molar-refractivity contribution is -0.127. The molecule has 12 nitrogen and oxygen atoms in total. The molecule has 282 valence electrons. The highest BCUT2D eigenvalue weighted by molar-refractivity contribution is 6.34. The number of halogens is 2. The van der Waals surface area contributed by atoms with E-state index < -0.39 is 35.5 Å². The zero-order chi connectivity index (χ0) is 39.0. The van der Waals surface area contributed by atoms with Crippen molar-refractivity contribution in [1.82, 2.24) is 0 Å². The van der Waals surface area contributed by atoms with E-state index >= 15 is 0 Å². The monoisotopic (exact) mass is 772 g/mol. The first-order valence-electron chi connectivity index (χ1n) is 17.5. The predicted molar refractivity (Wildman–Crippen MR) is 211 cm³/mol. The largest absolute Gasteiger partial charge is 0.494 e. The summed E-state index contributed by atoms with van der Waals surface area (Å²) in [5.41, 5.74) is 2.75. The lowest BCUT2D eigenvalue weighted by atomic mass is 10.0. The Morgan fingerprint density at radius 3 is 1.37 bits per heavy atom. The second-order valence-electron chi connectivity index (χ2n) is 12.2. The summed E-state index contributed by atoms with van der Waals surface area (Å²) in [7, 11) is 0. The third-order valence-corrected chi connectivity index (χ3v) is 8.40. The molecule has 0 saturated carbocycles. The zero-order valence-electron chi connectivity index (χ0n) is 30.5. The van der Waals surface area contributed by atoms with Gasteiger partial charge in [0.2, 0.25) is 12.1 Å². The van der Waals surface area contributed by atoms with Gasteiger partial charge in [0.1, 0.15) is 22.9 Å². The number of anilines is 2. The number of Topliss-reactive ketones (excluding diaryl/α,β-unsaturated/α-hetero) is 2. The minimum absolute atomic E-state index is 0.212. The molecule has 0 aliphatic heterocycles. The summed E-state index contributed by atoms with van der Waals surface area (Å²) in [4.78, 5) is 50.7. The molecular weight excluding hydrogens is 731 g/mol. The number of nitrogens with zero attached hydrogens (tertiary/aromatic N) is 4. The van der Waals surface area contributed by atoms with Crippen molar-refractivity contribution in [3.8, 4) is 22.6 Å². The van der Waals surface area contributed by atoms with Gasteiger partial charge < -0.3 is 20.1 Å². The van der Waals surface area contributed by atoms with Crippen molar-refractivity contribution in [3.05, 3.63) is 95.0 Å². The Balaban J connectivity index is 1.42. The van der Waals surface area contributed by atoms with Gasteiger partial charge in [0.05, 0.1) is 23.3 Å². The molecule has 0 fully saturated rings. The highest BCUT2D eigenvalue weighted by Crippen LogP contribution is 2.35. The quantitative estimate of drug-likeness (QED) is 0.0548. The number of unbranched alkanes of at least 4 members (excludes halogenated alkanes) is 2. The molecule has 0 heterocycles. The van der Waals surface area contributed by atoms with Crippen LogP contribution in [0.25, 0.3) is 11.1 Å². The molecule has 0 saturated heterocycles. The fraction of sp³-hybridized carbons (Fsp3) is 0.300. The first kappa shape index (κ1) is 41.3. The van der Waals surface area contributed by atoms with E-state index in [4.69, 9.17) is 32.7 Å². The fourth-order valence-electron chi connectivity index (χ4n) is 4.83. The van der Waals surface area contributed by atoms with E-state index in [1.165, 1.54) is 13.8 Å². The number of benzene rings is 4. The minimum Gasteiger partial charge on any atom is -0.494 e. The van der Waals surface area contributed by atoms with Gasteiger partial charge in [0.15, 0.2) is 11.6 Å². The van der Waals surface area contributed by atoms with Crippen molar-refractivity contribution < 1.29 is 28.7 Å². The molecule has 0 aromatic heterocycles. The molecule has 0 bridgehead atoms. The van der Waals surface area contributed by atoms with Crippen LogP contribution in [0.15, 0.2) is 105 Å². The summed E-state index contributed by atoms with van der Waals surface area (Å²) in [6.45, 7) is 7.75. The Kier molecular flexibility index (Phi) is 15.8. The van der Waals surface area contributed by atoms with Crippen LogP contribution in [-0.4, -0.2) is 48.7 Å². The Morgan fingerprint density at radius 2 is 1.02 bits per heavy atom. The van der Waals surface area contributed by atoms with Crippen LogP contribution in [-0.2, 0) is 19.2 Å². The average molecular weight is 774 g/mol. The van der Waals surface area contributed by atoms with Crippen LogP contribution in [0.1, 0.15) is 53.4 Å². The molecule has 14 heteroatoms. The number of azo groups is 2. The van der Waals surface area contributed by atoms with Gasteiger partial charge in [-0.25, -0.2) is 0 Å². The number of carbonyl (C=O) groups excluding carboxylic acids is 4. The normalized spacial score (nSPS) is 12.3. The first-order valence-corrected chi connectivity index (χ1v) is 18.2. The predicted octanol–water partition coefficient (Wildman–Crippen LogP) is 10.4. The molecule has 2 unspecified atom stereocenters. The number of amides is 2. The van der Waals surface area contributed by atoms with Gasteiger partial charge in [-0.2, -0.15) is 20.5 Å². The number of ketones is 2. The third-order valence-electron chi connectivity index (χ3n) is 7.79. The Morgan fingerprint density at radius 1 is 0.611 bits per heavy atom. The van der Waals surface area contributed by atoms with Crippen molar-refractivity contribution in [3.63, 3.8) is 0 Å². The maximum absolute atomic E-state index is 13.0. The fourth-order valence-corrected chi connectivity index (χ4v) is 5.27. The second kappa shape index (κ2) is 20.7. The van der Waals surface area contributed by atoms with E-state index in [9.17, 15) is 19.2 Å². The highest BCUT2D eigenvalue weighted by atomic mass is 35.5. The number of hydrogen-bond donors (Lipinski definition) is 2. The molecule has 0 radical (unpaired) electrons. The van der Waals surface area contributed by atoms with Gasteiger partial charge in [-0.1, -0.05) is 74.2 Å². The molecule has 2 atom stereocenters. The lowest BCUT2D eigenvalue weighted by Gasteiger charge is -2.12. The van der Waals surface area contributed by atoms with E-state index in [2.05, 4.69) is 44.9 Å². The topological polar surface area (TPSA) is 160 Å². The van der Waals surface area contributed by atoms with Gasteiger partial charge in [-0.3, -0.25) is 19.2 Å². The number of nitrogens with one attached hydrogen (secondary N) is 2. The summed E-state index contributed by atoms with van der Waals surface area (Å²) in [6.07, 6.45) is 3.79. The summed E-state index contributed by atoms with van der Waals surface area (Å²) in [5.74, 6) is -1.10. The maximum atomic E-state index is 13.0. The van der Waals surface area contributed by atoms with E-state index in [0.717, 1.165) is 25.7 Å². The second-order valence-corrected chi connectivity index (χ2v) is 13.0. The van der Waals surface area contributed by atoms with Gasteiger partial charge in [-0.15, -0.1) is 0 Å². The Hall–Kier alpha value is -5.46. The van der Waals surface area contributed by atoms with Crippen molar-refractivity contribution in [2.24, 2.45) is 20.5 Å². The molecule has 54 heavy (non-hydrogen) atoms. The van der Waals surface area contributed by atoms with Gasteiger partial charge >= 0.3 is 0 Å². The number of hydrogen-bond acceptors (Lipinski definition) is 10. The van der Waals surface area contributed by atoms with E-state index in [0.29, 0.717) is 47.2 Å². The van der Waals surface area contributed by atoms with Crippen molar-refractivity contribution in [1.29, 1.82) is 0 Å². The zero-order valence-corrected chi connectivity index (χ0v) is 32.0. The van der Waals surface area contributed by atoms with Crippen molar-refractivity contribution in [2.75, 3.05) is 23.8 Å². The van der Waals surface area contributed by atoms with Crippen LogP contribution in [0, 0.1) is 0 Å². The Labute approximate surface area is 324 Å². The number of ether oxygens (including phenoxy) is 2. The number of carbonyl (C=O) groups is 4. The molecule has 4 aromatic carbocycles. The summed E-state index contributed by atoms with van der Waals surface area (Å²) < 4.78 is 11.4. The summed E-state index contributed by atoms with van der Waals surface area (Å²) in [5, 5.41) is 22.0. The van der Waals surface area contributed by atoms with Crippen LogP contribution >= 0.6 is 23.2 Å². The minimum atomic E-state index is -1.40. The maximum Gasteiger partial charge on any atom is 0.258 e. The summed E-state index contributed by atoms with van der Waals surface area (Å²) >= 11 is 13.1. The highest BCUT2D eigenvalue weighted by Gasteiger charge is 2.25. The number of rotatable bonds is 19. The third kappa shape index (κ3) is 12.3. The SMILES string of the molecule is CCCCOc1cccc(NC(=O)C(N=Nc2ccc(-c3ccc(N=NC(C(C)=O)C(=O)Nc4cccc(OCCCC)c4)c(Cl)c3)cc2Cl)C(C)=O)c1. The molecule has 0 aliphatic carbocycles. The van der Waals surface area contributed by atoms with Crippen molar-refractivity contribution >= 4 is 69.3 Å². The van der Waals surface area contributed by atoms with Crippen LogP contribution in [0.3, 0.4) is 0 Å². The van der Waals surface area contributed by atoms with Crippen LogP contribution in [0.5, 0.6) is 11.5 Å². The molecule has 2 N–H and O–H groups in total. The lowest BCUT2D eigenvalue weighted by Crippen LogP contribution is -2.31. The van der Waals surface area contributed by atoms with Gasteiger partial charge in [0.25, 0.3) is 11.8 Å². The Bertz CT molecular complexity index is 1880. The standard InChI is InChI=1S/C40H42Cl2N6O6/c1-5-7-19-53-31-13-9-11-29(23-31)43-39(51)37(25(3)49)47-45-35-17-15-27(21-33(35)41)28-16-18-36(34(42)22-28)46-48-38(26(4)50)40(52)44-30-12-10-14-32(24-30)54-20-8-6-2/h9-18,21-24,37-38H,5-8,19-20H2,1-4H3,(H,43,51)(H,44,52). The average Bonchev–Trinajstić information content (AvgIpc) is 3.13. The molecule has 4 aromatic rings. The first-order chi connectivity index (χ1) is 26.0. The molecule has 0 aliphatic rings. The smallest absolute Gasteiger partial charge is 0.258 e. The van der Waals surface area contributed by atoms with E-state index in [-0.39, 0.29) is 21.4 Å². The molecule has 4 rings (SSSR count). The van der Waals surface area contributed by atoms with Crippen molar-refractivity contribution in [2.45, 2.75) is 65.5 Å². The van der Waals surface area contributed by atoms with E-state index in [1.807, 2.05) is 0 Å². The molecular formula is C40H42Cl2N6O6. The van der Waals surface area contributed by atoms with Crippen LogP contribution in [0.4, 0.5) is 22.7 Å². The molecule has 2 amide bonds. The summed E-state index contributed by atoms with van der Waals surface area (Å²) in [6, 6.07) is 20.9. The van der Waals surface area contributed by atoms with Gasteiger partial charge in [0, 0.05) is 23.5 Å². The van der Waals surface area contributed by atoms with E-state index in [1.54, 1.807) is 84.9 Å². The molecule has 0 spiro atoms. The van der Waals surface area contributed by atoms with Crippen LogP contribution < -0.4 is 20.1 Å². The van der Waals surface area contributed by atoms with Crippen LogP contribution in [0.2, 0.25) is 10.0 Å². The van der Waals surface area contributed by atoms with Gasteiger partial charge in [-0.05, 0) is 86.3 Å².